The first-order valence-electron chi connectivity index (χ1n) is 8.20. The van der Waals surface area contributed by atoms with E-state index < -0.39 is 30.4 Å². The number of ether oxygens (including phenoxy) is 2. The van der Waals surface area contributed by atoms with Gasteiger partial charge in [0.25, 0.3) is 6.10 Å². The number of hydrogen-bond donors (Lipinski definition) is 3. The zero-order valence-corrected chi connectivity index (χ0v) is 15.0. The number of anilines is 1. The van der Waals surface area contributed by atoms with Crippen LogP contribution in [0.1, 0.15) is 26.0 Å². The molecule has 146 valence electrons. The molecule has 0 saturated carbocycles. The molecule has 11 nitrogen and oxygen atoms in total. The molecule has 0 spiro atoms. The van der Waals surface area contributed by atoms with Gasteiger partial charge in [-0.3, -0.25) is 4.57 Å². The highest BCUT2D eigenvalue weighted by molar-refractivity contribution is 6.28. The maximum atomic E-state index is 11.0. The lowest BCUT2D eigenvalue weighted by Gasteiger charge is -2.19. The number of carboxylic acid groups (broad SMARTS) is 2. The predicted molar refractivity (Wildman–Crippen MR) is 92.1 cm³/mol. The minimum atomic E-state index is -1.94. The van der Waals surface area contributed by atoms with Crippen LogP contribution < -0.4 is 5.73 Å². The second-order valence-corrected chi connectivity index (χ2v) is 6.46. The average Bonchev–Trinajstić information content (AvgIpc) is 3.18. The lowest BCUT2D eigenvalue weighted by Crippen LogP contribution is -2.36. The molecule has 2 aromatic heterocycles. The van der Waals surface area contributed by atoms with E-state index in [4.69, 9.17) is 37.0 Å². The predicted octanol–water partition coefficient (Wildman–Crippen LogP) is 0.930. The van der Waals surface area contributed by atoms with Crippen LogP contribution in [0.2, 0.25) is 5.28 Å². The number of aliphatic carboxylic acids is 2. The summed E-state index contributed by atoms with van der Waals surface area (Å²) in [5.74, 6) is -2.94. The summed E-state index contributed by atoms with van der Waals surface area (Å²) < 4.78 is 12.7. The minimum Gasteiger partial charge on any atom is -0.479 e. The second kappa shape index (κ2) is 7.62. The highest BCUT2D eigenvalue weighted by Gasteiger charge is 2.38. The standard InChI is InChI=1S/C15H18ClN5O6/c1-2-6-3-8(27-7(6)4-26-10(13(22)23)14(24)25)21-5-18-9-11(17)19-15(16)20-12(9)21/h5-8,10H,2-4H2,1H3,(H,22,23)(H,24,25)(H2,17,19,20)/t6-,7-,8-/m1/s1. The molecule has 0 aliphatic carbocycles. The van der Waals surface area contributed by atoms with Crippen LogP contribution in [0.5, 0.6) is 0 Å². The Bertz CT molecular complexity index is 860. The van der Waals surface area contributed by atoms with Gasteiger partial charge in [0.1, 0.15) is 11.7 Å². The molecule has 0 unspecified atom stereocenters. The topological polar surface area (TPSA) is 163 Å². The molecule has 1 fully saturated rings. The van der Waals surface area contributed by atoms with E-state index in [-0.39, 0.29) is 23.6 Å². The van der Waals surface area contributed by atoms with Crippen molar-refractivity contribution in [2.45, 2.75) is 38.2 Å². The summed E-state index contributed by atoms with van der Waals surface area (Å²) in [6, 6.07) is 0. The molecule has 4 N–H and O–H groups in total. The van der Waals surface area contributed by atoms with Gasteiger partial charge in [-0.15, -0.1) is 0 Å². The van der Waals surface area contributed by atoms with Gasteiger partial charge in [-0.2, -0.15) is 9.97 Å². The zero-order chi connectivity index (χ0) is 19.7. The molecule has 3 atom stereocenters. The monoisotopic (exact) mass is 399 g/mol. The van der Waals surface area contributed by atoms with Crippen LogP contribution in [0.3, 0.4) is 0 Å². The van der Waals surface area contributed by atoms with E-state index in [0.29, 0.717) is 17.6 Å². The van der Waals surface area contributed by atoms with Crippen LogP contribution in [-0.4, -0.2) is 60.5 Å². The number of nitrogens with two attached hydrogens (primary N) is 1. The number of hydrogen-bond acceptors (Lipinski definition) is 8. The summed E-state index contributed by atoms with van der Waals surface area (Å²) in [4.78, 5) is 34.1. The Morgan fingerprint density at radius 3 is 2.78 bits per heavy atom. The number of aromatic nitrogens is 4. The Labute approximate surface area is 158 Å². The Balaban J connectivity index is 1.78. The molecule has 0 bridgehead atoms. The Morgan fingerprint density at radius 1 is 1.44 bits per heavy atom. The summed E-state index contributed by atoms with van der Waals surface area (Å²) in [6.07, 6.45) is -0.0301. The Hall–Kier alpha value is -2.50. The third-order valence-corrected chi connectivity index (χ3v) is 4.66. The SMILES string of the molecule is CC[C@@H]1C[C@H](n2cnc3c(N)nc(Cl)nc32)O[C@@H]1COC(C(=O)O)C(=O)O. The molecule has 1 aliphatic heterocycles. The molecule has 3 heterocycles. The average molecular weight is 400 g/mol. The van der Waals surface area contributed by atoms with Crippen molar-refractivity contribution in [2.75, 3.05) is 12.3 Å². The summed E-state index contributed by atoms with van der Waals surface area (Å²) >= 11 is 5.87. The van der Waals surface area contributed by atoms with Gasteiger partial charge in [0, 0.05) is 0 Å². The number of fused-ring (bicyclic) bond motifs is 1. The maximum Gasteiger partial charge on any atom is 0.344 e. The quantitative estimate of drug-likeness (QED) is 0.450. The highest BCUT2D eigenvalue weighted by Crippen LogP contribution is 2.37. The van der Waals surface area contributed by atoms with Crippen molar-refractivity contribution in [3.05, 3.63) is 11.6 Å². The number of rotatable bonds is 7. The third-order valence-electron chi connectivity index (χ3n) is 4.49. The number of carboxylic acids is 2. The van der Waals surface area contributed by atoms with Gasteiger partial charge in [0.2, 0.25) is 5.28 Å². The molecule has 12 heteroatoms. The smallest absolute Gasteiger partial charge is 0.344 e. The van der Waals surface area contributed by atoms with Gasteiger partial charge in [-0.05, 0) is 23.9 Å². The van der Waals surface area contributed by atoms with Crippen molar-refractivity contribution in [1.29, 1.82) is 0 Å². The van der Waals surface area contributed by atoms with Gasteiger partial charge in [-0.25, -0.2) is 14.6 Å². The van der Waals surface area contributed by atoms with Crippen molar-refractivity contribution in [2.24, 2.45) is 5.92 Å². The van der Waals surface area contributed by atoms with Crippen LogP contribution in [-0.2, 0) is 19.1 Å². The first-order valence-corrected chi connectivity index (χ1v) is 8.57. The van der Waals surface area contributed by atoms with Crippen LogP contribution in [0.15, 0.2) is 6.33 Å². The molecule has 0 radical (unpaired) electrons. The van der Waals surface area contributed by atoms with Gasteiger partial charge in [-0.1, -0.05) is 13.3 Å². The van der Waals surface area contributed by atoms with Crippen molar-refractivity contribution < 1.29 is 29.3 Å². The molecule has 2 aromatic rings. The van der Waals surface area contributed by atoms with E-state index in [0.717, 1.165) is 6.42 Å². The maximum absolute atomic E-state index is 11.0. The fourth-order valence-electron chi connectivity index (χ4n) is 3.12. The molecule has 0 aromatic carbocycles. The van der Waals surface area contributed by atoms with Gasteiger partial charge < -0.3 is 25.4 Å². The lowest BCUT2D eigenvalue weighted by molar-refractivity contribution is -0.169. The second-order valence-electron chi connectivity index (χ2n) is 6.12. The van der Waals surface area contributed by atoms with Crippen molar-refractivity contribution in [3.63, 3.8) is 0 Å². The number of carbonyl (C=O) groups is 2. The summed E-state index contributed by atoms with van der Waals surface area (Å²) in [6.45, 7) is 1.79. The summed E-state index contributed by atoms with van der Waals surface area (Å²) in [5, 5.41) is 17.8. The lowest BCUT2D eigenvalue weighted by atomic mass is 9.98. The molecule has 1 aliphatic rings. The zero-order valence-electron chi connectivity index (χ0n) is 14.3. The number of nitrogen functional groups attached to an aromatic ring is 1. The molecule has 1 saturated heterocycles. The number of halogens is 1. The van der Waals surface area contributed by atoms with Crippen LogP contribution in [0, 0.1) is 5.92 Å². The Morgan fingerprint density at radius 2 is 2.15 bits per heavy atom. The Kier molecular flexibility index (Phi) is 5.44. The van der Waals surface area contributed by atoms with Crippen molar-refractivity contribution in [1.82, 2.24) is 19.5 Å². The van der Waals surface area contributed by atoms with Crippen LogP contribution >= 0.6 is 11.6 Å². The molecule has 27 heavy (non-hydrogen) atoms. The van der Waals surface area contributed by atoms with E-state index in [2.05, 4.69) is 15.0 Å². The summed E-state index contributed by atoms with van der Waals surface area (Å²) in [5.41, 5.74) is 6.62. The van der Waals surface area contributed by atoms with Crippen molar-refractivity contribution >= 4 is 40.5 Å². The fourth-order valence-corrected chi connectivity index (χ4v) is 3.30. The van der Waals surface area contributed by atoms with E-state index in [1.54, 1.807) is 4.57 Å². The first-order chi connectivity index (χ1) is 12.8. The highest BCUT2D eigenvalue weighted by atomic mass is 35.5. The third kappa shape index (κ3) is 3.80. The fraction of sp³-hybridized carbons (Fsp3) is 0.533. The van der Waals surface area contributed by atoms with Gasteiger partial charge in [0.05, 0.1) is 19.0 Å². The van der Waals surface area contributed by atoms with Crippen LogP contribution in [0.4, 0.5) is 5.82 Å². The van der Waals surface area contributed by atoms with E-state index in [9.17, 15) is 9.59 Å². The molecular formula is C15H18ClN5O6. The number of nitrogens with zero attached hydrogens (tertiary/aromatic N) is 4. The van der Waals surface area contributed by atoms with E-state index in [1.165, 1.54) is 6.33 Å². The van der Waals surface area contributed by atoms with Gasteiger partial charge >= 0.3 is 11.9 Å². The molecule has 3 rings (SSSR count). The molecular weight excluding hydrogens is 382 g/mol. The normalized spacial score (nSPS) is 22.6. The van der Waals surface area contributed by atoms with Gasteiger partial charge in [0.15, 0.2) is 11.5 Å². The van der Waals surface area contributed by atoms with Crippen LogP contribution in [0.25, 0.3) is 11.2 Å². The van der Waals surface area contributed by atoms with E-state index >= 15 is 0 Å². The van der Waals surface area contributed by atoms with E-state index in [1.807, 2.05) is 6.92 Å². The van der Waals surface area contributed by atoms with Crippen molar-refractivity contribution in [3.8, 4) is 0 Å². The molecule has 0 amide bonds. The number of imidazole rings is 1. The minimum absolute atomic E-state index is 0.0163. The first kappa shape index (κ1) is 19.3. The largest absolute Gasteiger partial charge is 0.479 e. The summed E-state index contributed by atoms with van der Waals surface area (Å²) in [7, 11) is 0.